The molecule has 10 heavy (non-hydrogen) atoms. The molecule has 0 radical (unpaired) electrons. The molecule has 3 fully saturated rings. The first-order valence-corrected chi connectivity index (χ1v) is 4.55. The molecule has 0 spiro atoms. The van der Waals surface area contributed by atoms with Gasteiger partial charge in [0.15, 0.2) is 0 Å². The summed E-state index contributed by atoms with van der Waals surface area (Å²) in [4.78, 5) is 0. The van der Waals surface area contributed by atoms with Gasteiger partial charge in [-0.1, -0.05) is 18.1 Å². The van der Waals surface area contributed by atoms with Crippen LogP contribution >= 0.6 is 0 Å². The summed E-state index contributed by atoms with van der Waals surface area (Å²) in [6.07, 6.45) is 4.62. The van der Waals surface area contributed by atoms with Crippen molar-refractivity contribution in [2.45, 2.75) is 26.2 Å². The van der Waals surface area contributed by atoms with Crippen molar-refractivity contribution in [3.05, 3.63) is 11.1 Å². The number of allylic oxidation sites excluding steroid dienone is 2. The second-order valence-electron chi connectivity index (χ2n) is 4.90. The third-order valence-electron chi connectivity index (χ3n) is 4.48. The van der Waals surface area contributed by atoms with Crippen LogP contribution in [0, 0.1) is 23.2 Å². The monoisotopic (exact) mass is 132 g/mol. The van der Waals surface area contributed by atoms with E-state index in [0.717, 1.165) is 17.3 Å². The van der Waals surface area contributed by atoms with Crippen molar-refractivity contribution in [1.29, 1.82) is 0 Å². The van der Waals surface area contributed by atoms with Gasteiger partial charge in [0.25, 0.3) is 0 Å². The fraction of sp³-hybridized carbons (Fsp3) is 0.800. The van der Waals surface area contributed by atoms with Gasteiger partial charge in [0.1, 0.15) is 0 Å². The molecule has 0 saturated heterocycles. The third kappa shape index (κ3) is 0.260. The molecule has 0 nitrogen and oxygen atoms in total. The molecule has 0 N–H and O–H groups in total. The minimum atomic E-state index is 0.725. The molecule has 52 valence electrons. The van der Waals surface area contributed by atoms with Crippen LogP contribution in [0.15, 0.2) is 11.1 Å². The molecule has 4 bridgehead atoms. The smallest absolute Gasteiger partial charge is 0.0104 e. The Morgan fingerprint density at radius 1 is 1.50 bits per heavy atom. The standard InChI is InChI=1S/C10H12/c1-10-4-5-2-8(10)9(10)7-3-6(5)7/h5-7H,2-4H2,1H3. The van der Waals surface area contributed by atoms with Gasteiger partial charge in [-0.2, -0.15) is 0 Å². The van der Waals surface area contributed by atoms with Crippen molar-refractivity contribution in [3.8, 4) is 0 Å². The second kappa shape index (κ2) is 0.929. The Bertz CT molecular complexity index is 274. The van der Waals surface area contributed by atoms with E-state index >= 15 is 0 Å². The summed E-state index contributed by atoms with van der Waals surface area (Å²) in [5.41, 5.74) is 4.55. The highest BCUT2D eigenvalue weighted by molar-refractivity contribution is 5.58. The highest BCUT2D eigenvalue weighted by atomic mass is 14.7. The van der Waals surface area contributed by atoms with Gasteiger partial charge in [-0.3, -0.25) is 0 Å². The summed E-state index contributed by atoms with van der Waals surface area (Å²) in [5, 5.41) is 0. The van der Waals surface area contributed by atoms with Crippen LogP contribution in [0.3, 0.4) is 0 Å². The predicted octanol–water partition coefficient (Wildman–Crippen LogP) is 2.36. The van der Waals surface area contributed by atoms with E-state index in [2.05, 4.69) is 6.92 Å². The van der Waals surface area contributed by atoms with Crippen molar-refractivity contribution >= 4 is 0 Å². The van der Waals surface area contributed by atoms with E-state index in [1.54, 1.807) is 12.8 Å². The van der Waals surface area contributed by atoms with E-state index in [1.165, 1.54) is 12.3 Å². The third-order valence-corrected chi connectivity index (χ3v) is 4.48. The fourth-order valence-electron chi connectivity index (χ4n) is 3.94. The van der Waals surface area contributed by atoms with Crippen LogP contribution in [-0.2, 0) is 0 Å². The average Bonchev–Trinajstić information content (AvgIpc) is 2.71. The molecule has 0 amide bonds. The summed E-state index contributed by atoms with van der Waals surface area (Å²) in [5.74, 6) is 3.43. The van der Waals surface area contributed by atoms with Gasteiger partial charge in [-0.05, 0) is 37.0 Å². The first kappa shape index (κ1) is 4.58. The fourth-order valence-corrected chi connectivity index (χ4v) is 3.94. The van der Waals surface area contributed by atoms with E-state index in [1.807, 2.05) is 11.1 Å². The number of rotatable bonds is 0. The van der Waals surface area contributed by atoms with Crippen LogP contribution in [0.2, 0.25) is 0 Å². The van der Waals surface area contributed by atoms with Crippen molar-refractivity contribution in [1.82, 2.24) is 0 Å². The summed E-state index contributed by atoms with van der Waals surface area (Å²) >= 11 is 0. The summed E-state index contributed by atoms with van der Waals surface area (Å²) in [6, 6.07) is 0. The molecule has 4 atom stereocenters. The van der Waals surface area contributed by atoms with E-state index < -0.39 is 0 Å². The Kier molecular flexibility index (Phi) is 0.426. The molecule has 5 aliphatic rings. The Balaban J connectivity index is 1.99. The summed E-state index contributed by atoms with van der Waals surface area (Å²) in [6.45, 7) is 2.48. The Morgan fingerprint density at radius 2 is 2.40 bits per heavy atom. The molecule has 0 heterocycles. The van der Waals surface area contributed by atoms with Gasteiger partial charge < -0.3 is 0 Å². The predicted molar refractivity (Wildman–Crippen MR) is 39.5 cm³/mol. The lowest BCUT2D eigenvalue weighted by atomic mass is 9.84. The lowest BCUT2D eigenvalue weighted by Gasteiger charge is -2.20. The van der Waals surface area contributed by atoms with Crippen molar-refractivity contribution in [2.24, 2.45) is 23.2 Å². The molecule has 4 unspecified atom stereocenters. The SMILES string of the molecule is CC12CC3CC1=C2C1CC31. The molecule has 5 rings (SSSR count). The maximum absolute atomic E-state index is 2.48. The van der Waals surface area contributed by atoms with E-state index in [9.17, 15) is 0 Å². The minimum Gasteiger partial charge on any atom is -0.0595 e. The Hall–Kier alpha value is -0.260. The lowest BCUT2D eigenvalue weighted by molar-refractivity contribution is 0.358. The van der Waals surface area contributed by atoms with Crippen molar-refractivity contribution < 1.29 is 0 Å². The van der Waals surface area contributed by atoms with Crippen LogP contribution in [0.25, 0.3) is 0 Å². The van der Waals surface area contributed by atoms with E-state index in [-0.39, 0.29) is 0 Å². The molecule has 0 aliphatic heterocycles. The Morgan fingerprint density at radius 3 is 2.90 bits per heavy atom. The second-order valence-corrected chi connectivity index (χ2v) is 4.90. The molecular weight excluding hydrogens is 120 g/mol. The zero-order valence-electron chi connectivity index (χ0n) is 6.35. The summed E-state index contributed by atoms with van der Waals surface area (Å²) < 4.78 is 0. The first-order valence-electron chi connectivity index (χ1n) is 4.55. The van der Waals surface area contributed by atoms with Crippen molar-refractivity contribution in [2.75, 3.05) is 0 Å². The van der Waals surface area contributed by atoms with Crippen LogP contribution in [0.5, 0.6) is 0 Å². The zero-order valence-corrected chi connectivity index (χ0v) is 6.35. The van der Waals surface area contributed by atoms with Crippen LogP contribution in [0.1, 0.15) is 26.2 Å². The molecule has 0 aromatic carbocycles. The normalized spacial score (nSPS) is 66.3. The highest BCUT2D eigenvalue weighted by Gasteiger charge is 2.69. The van der Waals surface area contributed by atoms with Gasteiger partial charge in [-0.25, -0.2) is 0 Å². The number of hydrogen-bond donors (Lipinski definition) is 0. The Labute approximate surface area is 61.3 Å². The summed E-state index contributed by atoms with van der Waals surface area (Å²) in [7, 11) is 0. The molecular formula is C10H12. The molecule has 0 aromatic heterocycles. The van der Waals surface area contributed by atoms with E-state index in [0.29, 0.717) is 0 Å². The molecule has 5 aliphatic carbocycles. The minimum absolute atomic E-state index is 0.725. The quantitative estimate of drug-likeness (QED) is 0.444. The molecule has 3 saturated carbocycles. The van der Waals surface area contributed by atoms with Gasteiger partial charge in [0.2, 0.25) is 0 Å². The lowest BCUT2D eigenvalue weighted by Crippen LogP contribution is -2.12. The van der Waals surface area contributed by atoms with Crippen LogP contribution in [0.4, 0.5) is 0 Å². The highest BCUT2D eigenvalue weighted by Crippen LogP contribution is 2.80. The van der Waals surface area contributed by atoms with E-state index in [4.69, 9.17) is 0 Å². The van der Waals surface area contributed by atoms with Gasteiger partial charge in [0, 0.05) is 5.41 Å². The van der Waals surface area contributed by atoms with Crippen LogP contribution < -0.4 is 0 Å². The largest absolute Gasteiger partial charge is 0.0595 e. The van der Waals surface area contributed by atoms with Gasteiger partial charge in [0.05, 0.1) is 0 Å². The first-order chi connectivity index (χ1) is 4.81. The topological polar surface area (TPSA) is 0 Å². The number of hydrogen-bond acceptors (Lipinski definition) is 0. The van der Waals surface area contributed by atoms with Crippen molar-refractivity contribution in [3.63, 3.8) is 0 Å². The van der Waals surface area contributed by atoms with Crippen LogP contribution in [-0.4, -0.2) is 0 Å². The maximum atomic E-state index is 2.48. The van der Waals surface area contributed by atoms with Gasteiger partial charge >= 0.3 is 0 Å². The van der Waals surface area contributed by atoms with Gasteiger partial charge in [-0.15, -0.1) is 0 Å². The average molecular weight is 132 g/mol. The molecule has 0 heteroatoms. The maximum Gasteiger partial charge on any atom is 0.0104 e. The zero-order chi connectivity index (χ0) is 6.51. The molecule has 0 aromatic rings.